The van der Waals surface area contributed by atoms with Gasteiger partial charge in [-0.15, -0.1) is 0 Å². The van der Waals surface area contributed by atoms with E-state index in [1.54, 1.807) is 11.9 Å². The molecule has 1 N–H and O–H groups in total. The summed E-state index contributed by atoms with van der Waals surface area (Å²) < 4.78 is 5.49. The van der Waals surface area contributed by atoms with Gasteiger partial charge in [0.1, 0.15) is 0 Å². The van der Waals surface area contributed by atoms with E-state index in [1.807, 2.05) is 60.5 Å². The Bertz CT molecular complexity index is 554. The molecule has 0 aromatic carbocycles. The summed E-state index contributed by atoms with van der Waals surface area (Å²) in [6, 6.07) is -0.622. The summed E-state index contributed by atoms with van der Waals surface area (Å²) in [6.07, 6.45) is 0.166. The monoisotopic (exact) mass is 428 g/mol. The summed E-state index contributed by atoms with van der Waals surface area (Å²) in [5.74, 6) is -1.31. The average molecular weight is 429 g/mol. The topological polar surface area (TPSA) is 87.1 Å². The largest absolute Gasteiger partial charge is 0.481 e. The predicted octanol–water partition coefficient (Wildman–Crippen LogP) is 3.17. The maximum Gasteiger partial charge on any atom is 0.306 e. The van der Waals surface area contributed by atoms with Gasteiger partial charge >= 0.3 is 5.97 Å². The molecule has 0 aliphatic heterocycles. The molecule has 176 valence electrons. The zero-order valence-corrected chi connectivity index (χ0v) is 20.6. The van der Waals surface area contributed by atoms with Crippen LogP contribution in [0.25, 0.3) is 0 Å². The van der Waals surface area contributed by atoms with E-state index in [4.69, 9.17) is 4.74 Å². The fourth-order valence-corrected chi connectivity index (χ4v) is 4.36. The van der Waals surface area contributed by atoms with Crippen molar-refractivity contribution >= 4 is 17.7 Å². The molecule has 30 heavy (non-hydrogen) atoms. The molecular formula is C23H44N2O5. The second kappa shape index (κ2) is 13.1. The van der Waals surface area contributed by atoms with Crippen LogP contribution in [-0.4, -0.2) is 79.0 Å². The number of ether oxygens (including phenoxy) is 1. The Labute approximate surface area is 183 Å². The Kier molecular flexibility index (Phi) is 12.4. The van der Waals surface area contributed by atoms with E-state index in [-0.39, 0.29) is 54.4 Å². The molecule has 0 aromatic heterocycles. The lowest BCUT2D eigenvalue weighted by atomic mass is 9.83. The first-order valence-corrected chi connectivity index (χ1v) is 11.0. The summed E-state index contributed by atoms with van der Waals surface area (Å²) in [7, 11) is 6.96. The van der Waals surface area contributed by atoms with E-state index < -0.39 is 18.0 Å². The van der Waals surface area contributed by atoms with Gasteiger partial charge in [-0.2, -0.15) is 0 Å². The van der Waals surface area contributed by atoms with Crippen molar-refractivity contribution in [2.75, 3.05) is 28.3 Å². The predicted molar refractivity (Wildman–Crippen MR) is 119 cm³/mol. The van der Waals surface area contributed by atoms with Crippen molar-refractivity contribution in [3.05, 3.63) is 0 Å². The molecule has 0 saturated carbocycles. The maximum atomic E-state index is 13.5. The van der Waals surface area contributed by atoms with E-state index in [2.05, 4.69) is 0 Å². The number of carbonyl (C=O) groups is 3. The smallest absolute Gasteiger partial charge is 0.306 e. The highest BCUT2D eigenvalue weighted by molar-refractivity contribution is 5.90. The number of nitrogens with zero attached hydrogens (tertiary/aromatic N) is 2. The highest BCUT2D eigenvalue weighted by Crippen LogP contribution is 2.27. The number of methoxy groups -OCH3 is 1. The minimum Gasteiger partial charge on any atom is -0.481 e. The second-order valence-corrected chi connectivity index (χ2v) is 9.37. The van der Waals surface area contributed by atoms with Gasteiger partial charge < -0.3 is 14.7 Å². The summed E-state index contributed by atoms with van der Waals surface area (Å²) in [4.78, 5) is 41.4. The number of likely N-dealkylation sites (N-methyl/N-ethyl adjacent to an activating group) is 2. The van der Waals surface area contributed by atoms with Crippen molar-refractivity contribution in [2.45, 2.75) is 79.0 Å². The van der Waals surface area contributed by atoms with Crippen LogP contribution in [0.2, 0.25) is 0 Å². The van der Waals surface area contributed by atoms with Crippen molar-refractivity contribution in [1.82, 2.24) is 9.80 Å². The summed E-state index contributed by atoms with van der Waals surface area (Å²) in [5.41, 5.74) is 0. The van der Waals surface area contributed by atoms with Gasteiger partial charge in [-0.05, 0) is 31.8 Å². The van der Waals surface area contributed by atoms with Crippen LogP contribution >= 0.6 is 0 Å². The van der Waals surface area contributed by atoms with Gasteiger partial charge in [0.25, 0.3) is 0 Å². The molecule has 0 fully saturated rings. The molecule has 0 aliphatic carbocycles. The number of ketones is 1. The zero-order chi connectivity index (χ0) is 23.8. The number of carboxylic acids is 1. The van der Waals surface area contributed by atoms with E-state index in [9.17, 15) is 19.5 Å². The van der Waals surface area contributed by atoms with Crippen LogP contribution in [0.3, 0.4) is 0 Å². The number of hydrogen-bond donors (Lipinski definition) is 1. The highest BCUT2D eigenvalue weighted by atomic mass is 16.5. The Hall–Kier alpha value is -1.47. The maximum absolute atomic E-state index is 13.5. The molecule has 0 aliphatic rings. The normalized spacial score (nSPS) is 17.0. The van der Waals surface area contributed by atoms with Gasteiger partial charge in [-0.1, -0.05) is 48.0 Å². The lowest BCUT2D eigenvalue weighted by Gasteiger charge is -2.39. The number of carboxylic acid groups (broad SMARTS) is 1. The lowest BCUT2D eigenvalue weighted by molar-refractivity contribution is -0.149. The van der Waals surface area contributed by atoms with Gasteiger partial charge in [0.05, 0.1) is 24.6 Å². The minimum absolute atomic E-state index is 0.0167. The third kappa shape index (κ3) is 7.99. The van der Waals surface area contributed by atoms with E-state index in [1.165, 1.54) is 7.11 Å². The third-order valence-electron chi connectivity index (χ3n) is 6.14. The van der Waals surface area contributed by atoms with Crippen molar-refractivity contribution in [1.29, 1.82) is 0 Å². The third-order valence-corrected chi connectivity index (χ3v) is 6.14. The minimum atomic E-state index is -0.961. The Morgan fingerprint density at radius 2 is 1.47 bits per heavy atom. The average Bonchev–Trinajstić information content (AvgIpc) is 2.63. The van der Waals surface area contributed by atoms with Gasteiger partial charge in [0.2, 0.25) is 5.91 Å². The second-order valence-electron chi connectivity index (χ2n) is 9.37. The van der Waals surface area contributed by atoms with Crippen LogP contribution in [0.5, 0.6) is 0 Å². The van der Waals surface area contributed by atoms with Crippen LogP contribution in [0.15, 0.2) is 0 Å². The van der Waals surface area contributed by atoms with Gasteiger partial charge in [0, 0.05) is 26.5 Å². The van der Waals surface area contributed by atoms with Crippen molar-refractivity contribution in [3.63, 3.8) is 0 Å². The quantitative estimate of drug-likeness (QED) is 0.457. The number of carbonyl (C=O) groups excluding carboxylic acids is 2. The standard InChI is InChI=1S/C23H44N2O5/c1-11-16(6)22(19(30-10)13-20(27)28)25(9)23(29)17(14(2)3)12-18(26)21(15(4)5)24(7)8/h14-17,19,21-22H,11-13H2,1-10H3,(H,27,28)/t16-,17-,19+,21-,22-/m0/s1. The Morgan fingerprint density at radius 3 is 1.80 bits per heavy atom. The van der Waals surface area contributed by atoms with Crippen molar-refractivity contribution in [2.24, 2.45) is 23.7 Å². The molecule has 5 atom stereocenters. The molecule has 0 aromatic rings. The molecule has 0 unspecified atom stereocenters. The van der Waals surface area contributed by atoms with Crippen LogP contribution in [0.1, 0.15) is 60.8 Å². The first-order valence-electron chi connectivity index (χ1n) is 11.0. The number of aliphatic carboxylic acids is 1. The van der Waals surface area contributed by atoms with E-state index in [0.29, 0.717) is 0 Å². The van der Waals surface area contributed by atoms with E-state index >= 15 is 0 Å². The van der Waals surface area contributed by atoms with Crippen molar-refractivity contribution in [3.8, 4) is 0 Å². The molecule has 7 heteroatoms. The Morgan fingerprint density at radius 1 is 0.933 bits per heavy atom. The Balaban J connectivity index is 5.80. The van der Waals surface area contributed by atoms with Crippen LogP contribution < -0.4 is 0 Å². The fraction of sp³-hybridized carbons (Fsp3) is 0.870. The van der Waals surface area contributed by atoms with Gasteiger partial charge in [-0.3, -0.25) is 19.3 Å². The number of hydrogen-bond acceptors (Lipinski definition) is 5. The molecule has 0 rings (SSSR count). The molecule has 0 radical (unpaired) electrons. The molecule has 0 saturated heterocycles. The number of amides is 1. The zero-order valence-electron chi connectivity index (χ0n) is 20.6. The molecule has 0 bridgehead atoms. The molecule has 7 nitrogen and oxygen atoms in total. The van der Waals surface area contributed by atoms with Crippen LogP contribution in [0, 0.1) is 23.7 Å². The number of rotatable bonds is 14. The van der Waals surface area contributed by atoms with Crippen molar-refractivity contribution < 1.29 is 24.2 Å². The van der Waals surface area contributed by atoms with Gasteiger partial charge in [0.15, 0.2) is 5.78 Å². The SMILES string of the molecule is CC[C@H](C)[C@@H]([C@@H](CC(=O)O)OC)N(C)C(=O)[C@@H](CC(=O)[C@H](C(C)C)N(C)C)C(C)C. The first kappa shape index (κ1) is 28.5. The fourth-order valence-electron chi connectivity index (χ4n) is 4.36. The van der Waals surface area contributed by atoms with E-state index in [0.717, 1.165) is 6.42 Å². The summed E-state index contributed by atoms with van der Waals surface area (Å²) in [6.45, 7) is 11.9. The lowest BCUT2D eigenvalue weighted by Crippen LogP contribution is -2.52. The summed E-state index contributed by atoms with van der Waals surface area (Å²) >= 11 is 0. The summed E-state index contributed by atoms with van der Waals surface area (Å²) in [5, 5.41) is 9.29. The molecule has 0 spiro atoms. The van der Waals surface area contributed by atoms with Gasteiger partial charge in [-0.25, -0.2) is 0 Å². The first-order chi connectivity index (χ1) is 13.8. The van der Waals surface area contributed by atoms with Crippen LogP contribution in [0.4, 0.5) is 0 Å². The highest BCUT2D eigenvalue weighted by Gasteiger charge is 2.38. The molecule has 0 heterocycles. The molecule has 1 amide bonds. The van der Waals surface area contributed by atoms with Crippen LogP contribution in [-0.2, 0) is 19.1 Å². The molecular weight excluding hydrogens is 384 g/mol. The number of Topliss-reactive ketones (excluding diaryl/α,β-unsaturated/α-hetero) is 1.